The highest BCUT2D eigenvalue weighted by Crippen LogP contribution is 2.27. The van der Waals surface area contributed by atoms with Gasteiger partial charge in [-0.2, -0.15) is 13.2 Å². The maximum Gasteiger partial charge on any atom is 0.453 e. The monoisotopic (exact) mass is 189 g/mol. The molecule has 0 unspecified atom stereocenters. The van der Waals surface area contributed by atoms with E-state index in [-0.39, 0.29) is 5.82 Å². The number of hydrogen-bond acceptors (Lipinski definition) is 2. The molecule has 0 radical (unpaired) electrons. The maximum absolute atomic E-state index is 12.1. The minimum atomic E-state index is -4.45. The van der Waals surface area contributed by atoms with E-state index < -0.39 is 12.0 Å². The smallest absolute Gasteiger partial charge is 0.245 e. The zero-order chi connectivity index (χ0) is 9.47. The van der Waals surface area contributed by atoms with Crippen LogP contribution in [0.5, 0.6) is 0 Å². The number of aromatic nitrogens is 3. The first-order valence-electron chi connectivity index (χ1n) is 3.76. The number of aryl methyl sites for hydroxylation is 1. The summed E-state index contributed by atoms with van der Waals surface area (Å²) in [5.41, 5.74) is 0. The molecular formula is C7H6F3N3. The molecule has 0 atom stereocenters. The standard InChI is InChI=1S/C7H6F3N3/c8-7(9,10)6-11-5-3-1-2-4-13(5)12-6/h1,3H,2,4H2. The minimum Gasteiger partial charge on any atom is -0.245 e. The lowest BCUT2D eigenvalue weighted by Crippen LogP contribution is -2.09. The van der Waals surface area contributed by atoms with Crippen LogP contribution in [-0.2, 0) is 12.7 Å². The van der Waals surface area contributed by atoms with E-state index in [2.05, 4.69) is 10.1 Å². The van der Waals surface area contributed by atoms with Crippen molar-refractivity contribution in [2.45, 2.75) is 19.1 Å². The Morgan fingerprint density at radius 2 is 2.15 bits per heavy atom. The Bertz CT molecular complexity index is 350. The van der Waals surface area contributed by atoms with Gasteiger partial charge in [-0.3, -0.25) is 0 Å². The van der Waals surface area contributed by atoms with Crippen LogP contribution in [0.4, 0.5) is 13.2 Å². The van der Waals surface area contributed by atoms with Gasteiger partial charge in [0, 0.05) is 6.54 Å². The molecule has 6 heteroatoms. The van der Waals surface area contributed by atoms with Crippen molar-refractivity contribution in [1.29, 1.82) is 0 Å². The molecule has 1 aliphatic rings. The summed E-state index contributed by atoms with van der Waals surface area (Å²) in [7, 11) is 0. The van der Waals surface area contributed by atoms with Crippen LogP contribution in [0.25, 0.3) is 6.08 Å². The lowest BCUT2D eigenvalue weighted by atomic mass is 10.3. The summed E-state index contributed by atoms with van der Waals surface area (Å²) in [6, 6.07) is 0. The van der Waals surface area contributed by atoms with Crippen LogP contribution in [-0.4, -0.2) is 14.8 Å². The molecule has 0 N–H and O–H groups in total. The van der Waals surface area contributed by atoms with E-state index >= 15 is 0 Å². The molecule has 1 aromatic heterocycles. The van der Waals surface area contributed by atoms with Crippen LogP contribution in [0.3, 0.4) is 0 Å². The van der Waals surface area contributed by atoms with E-state index in [0.717, 1.165) is 0 Å². The van der Waals surface area contributed by atoms with E-state index in [0.29, 0.717) is 13.0 Å². The molecule has 0 saturated carbocycles. The van der Waals surface area contributed by atoms with Crippen molar-refractivity contribution in [3.05, 3.63) is 17.7 Å². The minimum absolute atomic E-state index is 0.276. The van der Waals surface area contributed by atoms with Crippen molar-refractivity contribution < 1.29 is 13.2 Å². The first-order chi connectivity index (χ1) is 6.07. The summed E-state index contributed by atoms with van der Waals surface area (Å²) in [4.78, 5) is 3.36. The van der Waals surface area contributed by atoms with Gasteiger partial charge in [-0.25, -0.2) is 9.67 Å². The summed E-state index contributed by atoms with van der Waals surface area (Å²) in [5, 5.41) is 3.35. The molecule has 0 amide bonds. The molecule has 3 nitrogen and oxygen atoms in total. The Morgan fingerprint density at radius 3 is 2.77 bits per heavy atom. The molecule has 2 heterocycles. The second kappa shape index (κ2) is 2.58. The van der Waals surface area contributed by atoms with Gasteiger partial charge < -0.3 is 0 Å². The average molecular weight is 189 g/mol. The predicted octanol–water partition coefficient (Wildman–Crippen LogP) is 1.71. The zero-order valence-electron chi connectivity index (χ0n) is 6.54. The van der Waals surface area contributed by atoms with Crippen LogP contribution < -0.4 is 0 Å². The summed E-state index contributed by atoms with van der Waals surface area (Å²) < 4.78 is 37.6. The molecule has 13 heavy (non-hydrogen) atoms. The number of alkyl halides is 3. The lowest BCUT2D eigenvalue weighted by Gasteiger charge is -2.03. The number of halogens is 3. The summed E-state index contributed by atoms with van der Waals surface area (Å²) in [6.07, 6.45) is -0.415. The Morgan fingerprint density at radius 1 is 1.38 bits per heavy atom. The molecule has 0 saturated heterocycles. The van der Waals surface area contributed by atoms with Crippen molar-refractivity contribution in [1.82, 2.24) is 14.8 Å². The van der Waals surface area contributed by atoms with Crippen LogP contribution in [0, 0.1) is 0 Å². The third-order valence-electron chi connectivity index (χ3n) is 1.73. The normalized spacial score (nSPS) is 15.9. The van der Waals surface area contributed by atoms with Crippen molar-refractivity contribution in [3.8, 4) is 0 Å². The third kappa shape index (κ3) is 1.43. The van der Waals surface area contributed by atoms with Crippen LogP contribution in [0.15, 0.2) is 6.08 Å². The van der Waals surface area contributed by atoms with Gasteiger partial charge in [-0.15, -0.1) is 5.10 Å². The van der Waals surface area contributed by atoms with Gasteiger partial charge in [0.1, 0.15) is 0 Å². The van der Waals surface area contributed by atoms with Gasteiger partial charge in [-0.05, 0) is 12.5 Å². The van der Waals surface area contributed by atoms with Gasteiger partial charge in [0.25, 0.3) is 5.82 Å². The lowest BCUT2D eigenvalue weighted by molar-refractivity contribution is -0.145. The zero-order valence-corrected chi connectivity index (χ0v) is 6.54. The molecule has 0 bridgehead atoms. The fourth-order valence-electron chi connectivity index (χ4n) is 1.15. The van der Waals surface area contributed by atoms with Gasteiger partial charge in [0.05, 0.1) is 0 Å². The highest BCUT2D eigenvalue weighted by Gasteiger charge is 2.36. The highest BCUT2D eigenvalue weighted by atomic mass is 19.4. The van der Waals surface area contributed by atoms with Crippen molar-refractivity contribution in [2.24, 2.45) is 0 Å². The largest absolute Gasteiger partial charge is 0.453 e. The highest BCUT2D eigenvalue weighted by molar-refractivity contribution is 5.41. The molecule has 0 aromatic carbocycles. The van der Waals surface area contributed by atoms with Gasteiger partial charge in [-0.1, -0.05) is 6.08 Å². The van der Waals surface area contributed by atoms with Gasteiger partial charge in [0.2, 0.25) is 0 Å². The molecule has 0 spiro atoms. The van der Waals surface area contributed by atoms with E-state index in [4.69, 9.17) is 0 Å². The number of fused-ring (bicyclic) bond motifs is 1. The topological polar surface area (TPSA) is 30.7 Å². The molecule has 2 rings (SSSR count). The van der Waals surface area contributed by atoms with Gasteiger partial charge in [0.15, 0.2) is 5.82 Å². The number of hydrogen-bond donors (Lipinski definition) is 0. The second-order valence-corrected chi connectivity index (χ2v) is 2.71. The quantitative estimate of drug-likeness (QED) is 0.622. The SMILES string of the molecule is FC(F)(F)c1nc2n(n1)CCC=C2. The van der Waals surface area contributed by atoms with Crippen LogP contribution in [0.2, 0.25) is 0 Å². The number of nitrogens with zero attached hydrogens (tertiary/aromatic N) is 3. The first-order valence-corrected chi connectivity index (χ1v) is 3.76. The first kappa shape index (κ1) is 8.28. The van der Waals surface area contributed by atoms with Crippen LogP contribution in [0.1, 0.15) is 18.1 Å². The summed E-state index contributed by atoms with van der Waals surface area (Å²) >= 11 is 0. The second-order valence-electron chi connectivity index (χ2n) is 2.71. The third-order valence-corrected chi connectivity index (χ3v) is 1.73. The van der Waals surface area contributed by atoms with E-state index in [1.54, 1.807) is 12.2 Å². The maximum atomic E-state index is 12.1. The number of allylic oxidation sites excluding steroid dienone is 1. The van der Waals surface area contributed by atoms with Crippen molar-refractivity contribution >= 4 is 6.08 Å². The van der Waals surface area contributed by atoms with E-state index in [1.807, 2.05) is 0 Å². The van der Waals surface area contributed by atoms with E-state index in [9.17, 15) is 13.2 Å². The molecular weight excluding hydrogens is 183 g/mol. The van der Waals surface area contributed by atoms with E-state index in [1.165, 1.54) is 4.68 Å². The Labute approximate surface area is 71.9 Å². The predicted molar refractivity (Wildman–Crippen MR) is 38.7 cm³/mol. The molecule has 0 fully saturated rings. The summed E-state index contributed by atoms with van der Waals surface area (Å²) in [6.45, 7) is 0.467. The fourth-order valence-corrected chi connectivity index (χ4v) is 1.15. The summed E-state index contributed by atoms with van der Waals surface area (Å²) in [5.74, 6) is -0.785. The Balaban J connectivity index is 2.42. The van der Waals surface area contributed by atoms with Gasteiger partial charge >= 0.3 is 6.18 Å². The average Bonchev–Trinajstić information content (AvgIpc) is 2.45. The Hall–Kier alpha value is -1.33. The van der Waals surface area contributed by atoms with Crippen molar-refractivity contribution in [3.63, 3.8) is 0 Å². The van der Waals surface area contributed by atoms with Crippen LogP contribution >= 0.6 is 0 Å². The molecule has 0 aliphatic carbocycles. The molecule has 70 valence electrons. The molecule has 1 aromatic rings. The van der Waals surface area contributed by atoms with Crippen molar-refractivity contribution in [2.75, 3.05) is 0 Å². The fraction of sp³-hybridized carbons (Fsp3) is 0.429. The number of rotatable bonds is 0. The Kier molecular flexibility index (Phi) is 1.64. The molecule has 1 aliphatic heterocycles.